The van der Waals surface area contributed by atoms with Crippen molar-refractivity contribution in [2.24, 2.45) is 0 Å². The molecular formula is C27H34FN7O3S. The molecule has 0 bridgehead atoms. The summed E-state index contributed by atoms with van der Waals surface area (Å²) >= 11 is 0. The van der Waals surface area contributed by atoms with E-state index in [9.17, 15) is 8.42 Å². The van der Waals surface area contributed by atoms with Crippen molar-refractivity contribution in [2.75, 3.05) is 81.1 Å². The standard InChI is InChI=1S/C27H34FN7O3S/c1-33(2)27-26(17-22(18-31-27)35-11-13-38-14-12-35)39(36,37)32-21-5-6-30-25(16-21)23-4-3-20(15-24(23)28)19-34-9-7-29-8-10-34/h3-6,15-18,29H,7-14,19H2,1-2H3,(H,30,32). The minimum atomic E-state index is -4.03. The van der Waals surface area contributed by atoms with Gasteiger partial charge in [0, 0.05) is 71.7 Å². The van der Waals surface area contributed by atoms with Crippen molar-refractivity contribution in [1.29, 1.82) is 0 Å². The molecule has 3 aromatic rings. The quantitative estimate of drug-likeness (QED) is 0.434. The van der Waals surface area contributed by atoms with E-state index < -0.39 is 15.8 Å². The molecule has 2 aromatic heterocycles. The van der Waals surface area contributed by atoms with Crippen molar-refractivity contribution >= 4 is 27.2 Å². The zero-order valence-electron chi connectivity index (χ0n) is 22.2. The molecule has 10 nitrogen and oxygen atoms in total. The van der Waals surface area contributed by atoms with Crippen LogP contribution in [-0.4, -0.2) is 89.9 Å². The maximum absolute atomic E-state index is 15.2. The molecule has 4 heterocycles. The molecule has 2 aliphatic rings. The average Bonchev–Trinajstić information content (AvgIpc) is 2.94. The molecule has 0 unspecified atom stereocenters. The molecule has 0 aliphatic carbocycles. The van der Waals surface area contributed by atoms with Gasteiger partial charge in [0.05, 0.1) is 36.5 Å². The number of anilines is 3. The van der Waals surface area contributed by atoms with E-state index in [1.807, 2.05) is 11.0 Å². The molecule has 0 saturated carbocycles. The van der Waals surface area contributed by atoms with Gasteiger partial charge in [-0.1, -0.05) is 6.07 Å². The maximum Gasteiger partial charge on any atom is 0.265 e. The Kier molecular flexibility index (Phi) is 8.26. The Morgan fingerprint density at radius 3 is 2.54 bits per heavy atom. The number of morpholine rings is 1. The zero-order valence-corrected chi connectivity index (χ0v) is 23.0. The molecule has 208 valence electrons. The number of pyridine rings is 2. The van der Waals surface area contributed by atoms with Crippen molar-refractivity contribution in [2.45, 2.75) is 11.4 Å². The van der Waals surface area contributed by atoms with Crippen LogP contribution in [0.25, 0.3) is 11.3 Å². The highest BCUT2D eigenvalue weighted by molar-refractivity contribution is 7.92. The Morgan fingerprint density at radius 2 is 1.82 bits per heavy atom. The van der Waals surface area contributed by atoms with Crippen LogP contribution < -0.4 is 19.8 Å². The monoisotopic (exact) mass is 555 g/mol. The van der Waals surface area contributed by atoms with Crippen LogP contribution in [-0.2, 0) is 21.3 Å². The number of aromatic nitrogens is 2. The first-order valence-corrected chi connectivity index (χ1v) is 14.5. The maximum atomic E-state index is 15.2. The van der Waals surface area contributed by atoms with Gasteiger partial charge >= 0.3 is 0 Å². The predicted molar refractivity (Wildman–Crippen MR) is 150 cm³/mol. The summed E-state index contributed by atoms with van der Waals surface area (Å²) in [6.45, 7) is 6.84. The Hall–Kier alpha value is -3.32. The second-order valence-electron chi connectivity index (χ2n) is 9.88. The SMILES string of the molecule is CN(C)c1ncc(N2CCOCC2)cc1S(=O)(=O)Nc1ccnc(-c2ccc(CN3CCNCC3)cc2F)c1. The van der Waals surface area contributed by atoms with Crippen LogP contribution in [0.1, 0.15) is 5.56 Å². The molecule has 0 radical (unpaired) electrons. The number of nitrogens with one attached hydrogen (secondary N) is 2. The van der Waals surface area contributed by atoms with Crippen molar-refractivity contribution in [3.63, 3.8) is 0 Å². The van der Waals surface area contributed by atoms with Gasteiger partial charge in [-0.2, -0.15) is 0 Å². The van der Waals surface area contributed by atoms with Crippen LogP contribution in [0.5, 0.6) is 0 Å². The second-order valence-corrected chi connectivity index (χ2v) is 11.5. The summed E-state index contributed by atoms with van der Waals surface area (Å²) in [7, 11) is -0.537. The highest BCUT2D eigenvalue weighted by Crippen LogP contribution is 2.30. The molecule has 5 rings (SSSR count). The first kappa shape index (κ1) is 27.3. The fourth-order valence-corrected chi connectivity index (χ4v) is 6.10. The third-order valence-electron chi connectivity index (χ3n) is 6.85. The smallest absolute Gasteiger partial charge is 0.265 e. The summed E-state index contributed by atoms with van der Waals surface area (Å²) in [6.07, 6.45) is 3.15. The highest BCUT2D eigenvalue weighted by Gasteiger charge is 2.24. The molecule has 12 heteroatoms. The molecule has 2 fully saturated rings. The van der Waals surface area contributed by atoms with Crippen LogP contribution in [0.4, 0.5) is 21.6 Å². The first-order chi connectivity index (χ1) is 18.8. The fourth-order valence-electron chi connectivity index (χ4n) is 4.80. The number of piperazine rings is 1. The number of hydrogen-bond acceptors (Lipinski definition) is 9. The lowest BCUT2D eigenvalue weighted by molar-refractivity contribution is 0.122. The molecule has 0 atom stereocenters. The minimum absolute atomic E-state index is 0.0540. The number of benzene rings is 1. The average molecular weight is 556 g/mol. The van der Waals surface area contributed by atoms with Crippen molar-refractivity contribution in [1.82, 2.24) is 20.2 Å². The third-order valence-corrected chi connectivity index (χ3v) is 8.23. The van der Waals surface area contributed by atoms with Crippen molar-refractivity contribution < 1.29 is 17.5 Å². The van der Waals surface area contributed by atoms with Gasteiger partial charge in [-0.05, 0) is 35.9 Å². The lowest BCUT2D eigenvalue weighted by Gasteiger charge is -2.29. The normalized spacial score (nSPS) is 16.7. The van der Waals surface area contributed by atoms with E-state index in [2.05, 4.69) is 24.9 Å². The molecule has 2 N–H and O–H groups in total. The van der Waals surface area contributed by atoms with Crippen LogP contribution in [0.2, 0.25) is 0 Å². The predicted octanol–water partition coefficient (Wildman–Crippen LogP) is 2.39. The van der Waals surface area contributed by atoms with E-state index in [1.165, 1.54) is 12.3 Å². The summed E-state index contributed by atoms with van der Waals surface area (Å²) in [5.74, 6) is -0.0765. The number of nitrogens with zero attached hydrogens (tertiary/aromatic N) is 5. The molecule has 2 saturated heterocycles. The third kappa shape index (κ3) is 6.47. The van der Waals surface area contributed by atoms with Crippen LogP contribution in [0.15, 0.2) is 53.7 Å². The number of hydrogen-bond donors (Lipinski definition) is 2. The number of halogens is 1. The van der Waals surface area contributed by atoms with Gasteiger partial charge in [0.15, 0.2) is 0 Å². The Labute approximate surface area is 228 Å². The van der Waals surface area contributed by atoms with Crippen LogP contribution in [0.3, 0.4) is 0 Å². The largest absolute Gasteiger partial charge is 0.378 e. The summed E-state index contributed by atoms with van der Waals surface area (Å²) < 4.78 is 50.4. The topological polar surface area (TPSA) is 103 Å². The second kappa shape index (κ2) is 11.8. The van der Waals surface area contributed by atoms with Gasteiger partial charge in [0.1, 0.15) is 16.5 Å². The summed E-state index contributed by atoms with van der Waals surface area (Å²) in [4.78, 5) is 14.8. The van der Waals surface area contributed by atoms with Crippen molar-refractivity contribution in [3.8, 4) is 11.3 Å². The fraction of sp³-hybridized carbons (Fsp3) is 0.407. The molecule has 2 aliphatic heterocycles. The van der Waals surface area contributed by atoms with E-state index >= 15 is 4.39 Å². The zero-order chi connectivity index (χ0) is 27.4. The van der Waals surface area contributed by atoms with Gasteiger partial charge in [-0.25, -0.2) is 17.8 Å². The van der Waals surface area contributed by atoms with Crippen LogP contribution >= 0.6 is 0 Å². The minimum Gasteiger partial charge on any atom is -0.378 e. The van der Waals surface area contributed by atoms with Gasteiger partial charge in [0.2, 0.25) is 0 Å². The summed E-state index contributed by atoms with van der Waals surface area (Å²) in [6, 6.07) is 9.85. The van der Waals surface area contributed by atoms with Gasteiger partial charge in [0.25, 0.3) is 10.0 Å². The summed E-state index contributed by atoms with van der Waals surface area (Å²) in [5, 5.41) is 3.32. The van der Waals surface area contributed by atoms with Gasteiger partial charge in [-0.3, -0.25) is 14.6 Å². The Morgan fingerprint density at radius 1 is 1.05 bits per heavy atom. The van der Waals surface area contributed by atoms with E-state index in [0.29, 0.717) is 55.6 Å². The van der Waals surface area contributed by atoms with E-state index in [-0.39, 0.29) is 10.6 Å². The lowest BCUT2D eigenvalue weighted by atomic mass is 10.1. The number of sulfonamides is 1. The van der Waals surface area contributed by atoms with E-state index in [0.717, 1.165) is 31.7 Å². The molecule has 39 heavy (non-hydrogen) atoms. The molecule has 0 amide bonds. The molecule has 0 spiro atoms. The van der Waals surface area contributed by atoms with E-state index in [4.69, 9.17) is 4.74 Å². The van der Waals surface area contributed by atoms with Gasteiger partial charge < -0.3 is 19.9 Å². The van der Waals surface area contributed by atoms with Crippen molar-refractivity contribution in [3.05, 3.63) is 60.2 Å². The highest BCUT2D eigenvalue weighted by atomic mass is 32.2. The number of rotatable bonds is 8. The lowest BCUT2D eigenvalue weighted by Crippen LogP contribution is -2.42. The number of ether oxygens (including phenoxy) is 1. The Balaban J connectivity index is 1.38. The molecular weight excluding hydrogens is 521 g/mol. The summed E-state index contributed by atoms with van der Waals surface area (Å²) in [5.41, 5.74) is 2.53. The van der Waals surface area contributed by atoms with E-state index in [1.54, 1.807) is 49.5 Å². The first-order valence-electron chi connectivity index (χ1n) is 13.0. The Bertz CT molecular complexity index is 1410. The van der Waals surface area contributed by atoms with Crippen LogP contribution in [0, 0.1) is 5.82 Å². The van der Waals surface area contributed by atoms with Gasteiger partial charge in [-0.15, -0.1) is 0 Å². The molecule has 1 aromatic carbocycles.